The van der Waals surface area contributed by atoms with Crippen molar-refractivity contribution in [3.8, 4) is 0 Å². The first-order chi connectivity index (χ1) is 13.9. The molecule has 3 aromatic rings. The largest absolute Gasteiger partial charge is 0.463 e. The number of rotatable bonds is 7. The van der Waals surface area contributed by atoms with Crippen molar-refractivity contribution in [2.45, 2.75) is 11.8 Å². The van der Waals surface area contributed by atoms with Crippen LogP contribution < -0.4 is 9.73 Å². The monoisotopic (exact) mass is 431 g/mol. The van der Waals surface area contributed by atoms with Crippen LogP contribution in [-0.4, -0.2) is 27.1 Å². The Morgan fingerprint density at radius 1 is 1.14 bits per heavy atom. The van der Waals surface area contributed by atoms with Crippen molar-refractivity contribution in [3.63, 3.8) is 0 Å². The number of amides is 1. The van der Waals surface area contributed by atoms with E-state index in [4.69, 9.17) is 16.0 Å². The predicted octanol–water partition coefficient (Wildman–Crippen LogP) is 3.59. The molecule has 0 unspecified atom stereocenters. The second kappa shape index (κ2) is 8.93. The molecule has 0 atom stereocenters. The molecule has 1 heterocycles. The third-order valence-corrected chi connectivity index (χ3v) is 6.23. The molecule has 0 radical (unpaired) electrons. The van der Waals surface area contributed by atoms with Crippen LogP contribution in [0, 0.1) is 6.92 Å². The SMILES string of the molecule is Cc1c(Cl)cccc1N(CC(=O)N/N=C\c1ccco1)S(=O)(=O)c1ccccc1. The molecule has 0 aliphatic heterocycles. The van der Waals surface area contributed by atoms with Crippen LogP contribution in [0.1, 0.15) is 11.3 Å². The van der Waals surface area contributed by atoms with Crippen LogP contribution in [0.5, 0.6) is 0 Å². The van der Waals surface area contributed by atoms with Crippen molar-refractivity contribution in [2.75, 3.05) is 10.8 Å². The van der Waals surface area contributed by atoms with Crippen molar-refractivity contribution in [1.29, 1.82) is 0 Å². The van der Waals surface area contributed by atoms with Crippen molar-refractivity contribution in [3.05, 3.63) is 83.3 Å². The van der Waals surface area contributed by atoms with Crippen molar-refractivity contribution < 1.29 is 17.6 Å². The van der Waals surface area contributed by atoms with E-state index in [1.807, 2.05) is 0 Å². The van der Waals surface area contributed by atoms with E-state index in [-0.39, 0.29) is 4.90 Å². The first-order valence-electron chi connectivity index (χ1n) is 8.58. The maximum absolute atomic E-state index is 13.2. The van der Waals surface area contributed by atoms with E-state index >= 15 is 0 Å². The fraction of sp³-hybridized carbons (Fsp3) is 0.100. The first kappa shape index (κ1) is 20.6. The van der Waals surface area contributed by atoms with E-state index in [9.17, 15) is 13.2 Å². The molecule has 0 bridgehead atoms. The number of benzene rings is 2. The minimum atomic E-state index is -4.01. The zero-order valence-corrected chi connectivity index (χ0v) is 17.0. The Morgan fingerprint density at radius 2 is 1.90 bits per heavy atom. The van der Waals surface area contributed by atoms with E-state index in [0.29, 0.717) is 22.0 Å². The third-order valence-electron chi connectivity index (χ3n) is 4.05. The smallest absolute Gasteiger partial charge is 0.264 e. The fourth-order valence-electron chi connectivity index (χ4n) is 2.58. The van der Waals surface area contributed by atoms with Crippen LogP contribution in [0.4, 0.5) is 5.69 Å². The molecule has 29 heavy (non-hydrogen) atoms. The number of nitrogens with zero attached hydrogens (tertiary/aromatic N) is 2. The lowest BCUT2D eigenvalue weighted by molar-refractivity contribution is -0.119. The van der Waals surface area contributed by atoms with Crippen LogP contribution >= 0.6 is 11.6 Å². The Balaban J connectivity index is 1.91. The Labute approximate surface area is 173 Å². The van der Waals surface area contributed by atoms with Crippen LogP contribution in [0.15, 0.2) is 81.3 Å². The Hall–Kier alpha value is -3.10. The number of carbonyl (C=O) groups is 1. The molecule has 1 N–H and O–H groups in total. The minimum absolute atomic E-state index is 0.0614. The summed E-state index contributed by atoms with van der Waals surface area (Å²) in [6, 6.07) is 16.1. The molecular formula is C20H18ClN3O4S. The molecule has 7 nitrogen and oxygen atoms in total. The lowest BCUT2D eigenvalue weighted by Crippen LogP contribution is -2.40. The van der Waals surface area contributed by atoms with Gasteiger partial charge in [0.05, 0.1) is 23.1 Å². The van der Waals surface area contributed by atoms with Crippen LogP contribution in [0.3, 0.4) is 0 Å². The van der Waals surface area contributed by atoms with Gasteiger partial charge < -0.3 is 4.42 Å². The zero-order chi connectivity index (χ0) is 20.9. The Bertz CT molecular complexity index is 1110. The molecule has 1 aromatic heterocycles. The second-order valence-corrected chi connectivity index (χ2v) is 8.29. The van der Waals surface area contributed by atoms with Crippen LogP contribution in [0.25, 0.3) is 0 Å². The van der Waals surface area contributed by atoms with E-state index < -0.39 is 22.5 Å². The van der Waals surface area contributed by atoms with Crippen LogP contribution in [0.2, 0.25) is 5.02 Å². The first-order valence-corrected chi connectivity index (χ1v) is 10.4. The van der Waals surface area contributed by atoms with Gasteiger partial charge in [-0.15, -0.1) is 0 Å². The number of furan rings is 1. The van der Waals surface area contributed by atoms with Gasteiger partial charge in [0.25, 0.3) is 15.9 Å². The molecule has 0 aliphatic rings. The highest BCUT2D eigenvalue weighted by Gasteiger charge is 2.28. The maximum Gasteiger partial charge on any atom is 0.264 e. The van der Waals surface area contributed by atoms with Gasteiger partial charge in [0.1, 0.15) is 12.3 Å². The minimum Gasteiger partial charge on any atom is -0.463 e. The number of nitrogens with one attached hydrogen (secondary N) is 1. The number of halogens is 1. The molecule has 1 amide bonds. The fourth-order valence-corrected chi connectivity index (χ4v) is 4.25. The summed E-state index contributed by atoms with van der Waals surface area (Å²) in [5.74, 6) is -0.170. The number of sulfonamides is 1. The molecule has 0 saturated heterocycles. The van der Waals surface area contributed by atoms with Gasteiger partial charge in [-0.2, -0.15) is 5.10 Å². The summed E-state index contributed by atoms with van der Waals surface area (Å²) >= 11 is 6.18. The average molecular weight is 432 g/mol. The molecule has 2 aromatic carbocycles. The van der Waals surface area contributed by atoms with Gasteiger partial charge in [0.15, 0.2) is 0 Å². The summed E-state index contributed by atoms with van der Waals surface area (Å²) in [5.41, 5.74) is 3.16. The number of hydrogen-bond acceptors (Lipinski definition) is 5. The third kappa shape index (κ3) is 4.85. The second-order valence-electron chi connectivity index (χ2n) is 6.02. The molecular weight excluding hydrogens is 414 g/mol. The number of hydrogen-bond donors (Lipinski definition) is 1. The summed E-state index contributed by atoms with van der Waals surface area (Å²) in [6.45, 7) is 1.21. The Kier molecular flexibility index (Phi) is 6.36. The lowest BCUT2D eigenvalue weighted by Gasteiger charge is -2.25. The number of carbonyl (C=O) groups excluding carboxylic acids is 1. The van der Waals surface area contributed by atoms with E-state index in [2.05, 4.69) is 10.5 Å². The average Bonchev–Trinajstić information content (AvgIpc) is 3.23. The van der Waals surface area contributed by atoms with Gasteiger partial charge in [-0.1, -0.05) is 35.9 Å². The van der Waals surface area contributed by atoms with Crippen LogP contribution in [-0.2, 0) is 14.8 Å². The molecule has 0 fully saturated rings. The highest BCUT2D eigenvalue weighted by molar-refractivity contribution is 7.92. The van der Waals surface area contributed by atoms with Crippen molar-refractivity contribution in [1.82, 2.24) is 5.43 Å². The van der Waals surface area contributed by atoms with E-state index in [1.54, 1.807) is 55.5 Å². The summed E-state index contributed by atoms with van der Waals surface area (Å²) in [6.07, 6.45) is 2.79. The highest BCUT2D eigenvalue weighted by Crippen LogP contribution is 2.30. The van der Waals surface area contributed by atoms with Gasteiger partial charge >= 0.3 is 0 Å². The van der Waals surface area contributed by atoms with Gasteiger partial charge in [-0.25, -0.2) is 13.8 Å². The number of hydrazone groups is 1. The van der Waals surface area contributed by atoms with Crippen molar-refractivity contribution >= 4 is 39.4 Å². The Morgan fingerprint density at radius 3 is 2.59 bits per heavy atom. The molecule has 0 saturated carbocycles. The normalized spacial score (nSPS) is 11.5. The molecule has 3 rings (SSSR count). The van der Waals surface area contributed by atoms with E-state index in [1.165, 1.54) is 24.6 Å². The molecule has 0 spiro atoms. The quantitative estimate of drug-likeness (QED) is 0.457. The topological polar surface area (TPSA) is 92.0 Å². The highest BCUT2D eigenvalue weighted by atomic mass is 35.5. The van der Waals surface area contributed by atoms with Gasteiger partial charge in [0, 0.05) is 5.02 Å². The summed E-state index contributed by atoms with van der Waals surface area (Å²) < 4.78 is 32.6. The van der Waals surface area contributed by atoms with Crippen molar-refractivity contribution in [2.24, 2.45) is 5.10 Å². The molecule has 9 heteroatoms. The standard InChI is InChI=1S/C20H18ClN3O4S/c1-15-18(21)10-5-11-19(15)24(29(26,27)17-8-3-2-4-9-17)14-20(25)23-22-13-16-7-6-12-28-16/h2-13H,14H2,1H3,(H,23,25)/b22-13-. The zero-order valence-electron chi connectivity index (χ0n) is 15.4. The predicted molar refractivity (Wildman–Crippen MR) is 112 cm³/mol. The molecule has 0 aliphatic carbocycles. The lowest BCUT2D eigenvalue weighted by atomic mass is 10.2. The number of anilines is 1. The summed E-state index contributed by atoms with van der Waals surface area (Å²) in [5, 5.41) is 4.18. The van der Waals surface area contributed by atoms with Gasteiger partial charge in [0.2, 0.25) is 0 Å². The summed E-state index contributed by atoms with van der Waals surface area (Å²) in [4.78, 5) is 12.5. The van der Waals surface area contributed by atoms with Gasteiger partial charge in [-0.3, -0.25) is 9.10 Å². The summed E-state index contributed by atoms with van der Waals surface area (Å²) in [7, 11) is -4.01. The van der Waals surface area contributed by atoms with E-state index in [0.717, 1.165) is 4.31 Å². The van der Waals surface area contributed by atoms with Gasteiger partial charge in [-0.05, 0) is 48.9 Å². The maximum atomic E-state index is 13.2. The molecule has 150 valence electrons.